The van der Waals surface area contributed by atoms with Gasteiger partial charge in [-0.1, -0.05) is 0 Å². The molecule has 0 aromatic heterocycles. The maximum absolute atomic E-state index is 10.4. The molecule has 72 valence electrons. The lowest BCUT2D eigenvalue weighted by atomic mass is 10.1. The van der Waals surface area contributed by atoms with Crippen LogP contribution >= 0.6 is 0 Å². The number of hydrogen-bond donors (Lipinski definition) is 2. The highest BCUT2D eigenvalue weighted by Gasteiger charge is 2.27. The molecule has 12 heavy (non-hydrogen) atoms. The van der Waals surface area contributed by atoms with Crippen LogP contribution in [-0.2, 0) is 14.3 Å². The number of ether oxygens (including phenoxy) is 2. The third-order valence-corrected chi connectivity index (χ3v) is 1.57. The first kappa shape index (κ1) is 11.5. The van der Waals surface area contributed by atoms with Crippen molar-refractivity contribution in [2.45, 2.75) is 18.3 Å². The maximum Gasteiger partial charge on any atom is 0.151 e. The van der Waals surface area contributed by atoms with Crippen LogP contribution in [0.25, 0.3) is 0 Å². The van der Waals surface area contributed by atoms with Gasteiger partial charge in [0.1, 0.15) is 18.3 Å². The third kappa shape index (κ3) is 2.86. The van der Waals surface area contributed by atoms with Crippen molar-refractivity contribution in [1.82, 2.24) is 0 Å². The summed E-state index contributed by atoms with van der Waals surface area (Å²) in [6, 6.07) is 0. The van der Waals surface area contributed by atoms with Gasteiger partial charge in [-0.15, -0.1) is 0 Å². The predicted octanol–water partition coefficient (Wildman–Crippen LogP) is -1.43. The van der Waals surface area contributed by atoms with Crippen LogP contribution in [0.2, 0.25) is 0 Å². The van der Waals surface area contributed by atoms with Crippen molar-refractivity contribution in [3.8, 4) is 0 Å². The topological polar surface area (TPSA) is 76.0 Å². The van der Waals surface area contributed by atoms with Gasteiger partial charge in [0.25, 0.3) is 0 Å². The van der Waals surface area contributed by atoms with Crippen LogP contribution in [0.5, 0.6) is 0 Å². The zero-order valence-electron chi connectivity index (χ0n) is 7.14. The number of aliphatic hydroxyl groups is 2. The Labute approximate surface area is 70.9 Å². The average molecular weight is 178 g/mol. The maximum atomic E-state index is 10.4. The Hall–Kier alpha value is -0.490. The minimum Gasteiger partial charge on any atom is -0.394 e. The zero-order chi connectivity index (χ0) is 9.56. The standard InChI is InChI=1S/C7H14O5/c1-11-6(4-9)7(12-2)5(10)3-8/h4-8,10H,3H2,1-2H3/t5-,6-,7-/m1/s1. The smallest absolute Gasteiger partial charge is 0.151 e. The quantitative estimate of drug-likeness (QED) is 0.488. The second-order valence-electron chi connectivity index (χ2n) is 2.29. The lowest BCUT2D eigenvalue weighted by Gasteiger charge is -2.23. The van der Waals surface area contributed by atoms with E-state index in [1.807, 2.05) is 0 Å². The van der Waals surface area contributed by atoms with E-state index in [1.165, 1.54) is 14.2 Å². The van der Waals surface area contributed by atoms with Crippen LogP contribution < -0.4 is 0 Å². The number of carbonyl (C=O) groups is 1. The lowest BCUT2D eigenvalue weighted by Crippen LogP contribution is -2.42. The van der Waals surface area contributed by atoms with E-state index in [-0.39, 0.29) is 0 Å². The van der Waals surface area contributed by atoms with Gasteiger partial charge in [0.15, 0.2) is 6.29 Å². The largest absolute Gasteiger partial charge is 0.394 e. The van der Waals surface area contributed by atoms with Gasteiger partial charge in [-0.25, -0.2) is 0 Å². The molecule has 0 amide bonds. The Morgan fingerprint density at radius 1 is 1.42 bits per heavy atom. The fraction of sp³-hybridized carbons (Fsp3) is 0.857. The van der Waals surface area contributed by atoms with Crippen LogP contribution in [-0.4, -0.2) is 55.6 Å². The average Bonchev–Trinajstić information content (AvgIpc) is 2.12. The van der Waals surface area contributed by atoms with Gasteiger partial charge in [0, 0.05) is 14.2 Å². The molecule has 0 fully saturated rings. The molecule has 0 saturated carbocycles. The number of rotatable bonds is 6. The van der Waals surface area contributed by atoms with Gasteiger partial charge in [-0.2, -0.15) is 0 Å². The molecule has 0 heterocycles. The summed E-state index contributed by atoms with van der Waals surface area (Å²) in [6.07, 6.45) is -2.26. The van der Waals surface area contributed by atoms with Crippen molar-refractivity contribution in [3.05, 3.63) is 0 Å². The molecule has 0 aliphatic carbocycles. The van der Waals surface area contributed by atoms with E-state index >= 15 is 0 Å². The van der Waals surface area contributed by atoms with Gasteiger partial charge in [0.2, 0.25) is 0 Å². The first-order valence-electron chi connectivity index (χ1n) is 3.51. The van der Waals surface area contributed by atoms with E-state index in [0.29, 0.717) is 6.29 Å². The highest BCUT2D eigenvalue weighted by atomic mass is 16.5. The third-order valence-electron chi connectivity index (χ3n) is 1.57. The fourth-order valence-corrected chi connectivity index (χ4v) is 0.881. The van der Waals surface area contributed by atoms with E-state index in [9.17, 15) is 4.79 Å². The predicted molar refractivity (Wildman–Crippen MR) is 40.8 cm³/mol. The fourth-order valence-electron chi connectivity index (χ4n) is 0.881. The van der Waals surface area contributed by atoms with Crippen molar-refractivity contribution >= 4 is 6.29 Å². The summed E-state index contributed by atoms with van der Waals surface area (Å²) in [5.41, 5.74) is 0. The molecule has 0 radical (unpaired) electrons. The molecule has 0 rings (SSSR count). The summed E-state index contributed by atoms with van der Waals surface area (Å²) >= 11 is 0. The number of aliphatic hydroxyl groups excluding tert-OH is 2. The van der Waals surface area contributed by atoms with Crippen LogP contribution in [0, 0.1) is 0 Å². The van der Waals surface area contributed by atoms with Crippen molar-refractivity contribution in [2.75, 3.05) is 20.8 Å². The van der Waals surface area contributed by atoms with Gasteiger partial charge < -0.3 is 24.5 Å². The van der Waals surface area contributed by atoms with Crippen molar-refractivity contribution in [2.24, 2.45) is 0 Å². The second kappa shape index (κ2) is 6.07. The first-order valence-corrected chi connectivity index (χ1v) is 3.51. The molecule has 2 N–H and O–H groups in total. The number of hydrogen-bond acceptors (Lipinski definition) is 5. The summed E-state index contributed by atoms with van der Waals surface area (Å²) in [5, 5.41) is 17.7. The monoisotopic (exact) mass is 178 g/mol. The van der Waals surface area contributed by atoms with Gasteiger partial charge >= 0.3 is 0 Å². The summed E-state index contributed by atoms with van der Waals surface area (Å²) in [6.45, 7) is -0.466. The van der Waals surface area contributed by atoms with Crippen molar-refractivity contribution < 1.29 is 24.5 Å². The molecule has 0 aliphatic rings. The molecular formula is C7H14O5. The van der Waals surface area contributed by atoms with E-state index in [1.54, 1.807) is 0 Å². The Morgan fingerprint density at radius 2 is 2.00 bits per heavy atom. The zero-order valence-corrected chi connectivity index (χ0v) is 7.14. The van der Waals surface area contributed by atoms with E-state index in [2.05, 4.69) is 0 Å². The molecule has 0 saturated heterocycles. The summed E-state index contributed by atoms with van der Waals surface area (Å²) < 4.78 is 9.49. The summed E-state index contributed by atoms with van der Waals surface area (Å²) in [5.74, 6) is 0. The molecule has 0 bridgehead atoms. The van der Waals surface area contributed by atoms with E-state index < -0.39 is 24.9 Å². The Morgan fingerprint density at radius 3 is 2.25 bits per heavy atom. The molecule has 0 aromatic rings. The highest BCUT2D eigenvalue weighted by Crippen LogP contribution is 2.05. The number of methoxy groups -OCH3 is 2. The van der Waals surface area contributed by atoms with E-state index in [4.69, 9.17) is 19.7 Å². The van der Waals surface area contributed by atoms with Crippen LogP contribution in [0.1, 0.15) is 0 Å². The number of carbonyl (C=O) groups excluding carboxylic acids is 1. The van der Waals surface area contributed by atoms with Crippen LogP contribution in [0.3, 0.4) is 0 Å². The molecule has 5 heteroatoms. The molecule has 0 aromatic carbocycles. The Bertz CT molecular complexity index is 127. The Balaban J connectivity index is 4.19. The van der Waals surface area contributed by atoms with Gasteiger partial charge in [-0.05, 0) is 0 Å². The molecule has 5 nitrogen and oxygen atoms in total. The van der Waals surface area contributed by atoms with Crippen molar-refractivity contribution in [1.29, 1.82) is 0 Å². The SMILES string of the molecule is CO[C@H]([C@H](O)CO)[C@@H](C=O)OC. The van der Waals surface area contributed by atoms with Crippen molar-refractivity contribution in [3.63, 3.8) is 0 Å². The molecule has 0 unspecified atom stereocenters. The summed E-state index contributed by atoms with van der Waals surface area (Å²) in [7, 11) is 2.66. The van der Waals surface area contributed by atoms with Crippen LogP contribution in [0.15, 0.2) is 0 Å². The minimum atomic E-state index is -1.11. The molecular weight excluding hydrogens is 164 g/mol. The molecule has 3 atom stereocenters. The van der Waals surface area contributed by atoms with E-state index in [0.717, 1.165) is 0 Å². The van der Waals surface area contributed by atoms with Crippen LogP contribution in [0.4, 0.5) is 0 Å². The van der Waals surface area contributed by atoms with Gasteiger partial charge in [-0.3, -0.25) is 0 Å². The highest BCUT2D eigenvalue weighted by molar-refractivity contribution is 5.57. The minimum absolute atomic E-state index is 0.466. The summed E-state index contributed by atoms with van der Waals surface area (Å²) in [4.78, 5) is 10.4. The molecule has 0 aliphatic heterocycles. The first-order chi connectivity index (χ1) is 5.71. The van der Waals surface area contributed by atoms with Gasteiger partial charge in [0.05, 0.1) is 6.61 Å². The normalized spacial score (nSPS) is 18.3. The number of aldehydes is 1. The second-order valence-corrected chi connectivity index (χ2v) is 2.29. The lowest BCUT2D eigenvalue weighted by molar-refractivity contribution is -0.136. The Kier molecular flexibility index (Phi) is 5.83. The molecule has 0 spiro atoms.